The number of benzene rings is 1. The van der Waals surface area contributed by atoms with Gasteiger partial charge in [0.1, 0.15) is 0 Å². The van der Waals surface area contributed by atoms with E-state index in [-0.39, 0.29) is 11.9 Å². The van der Waals surface area contributed by atoms with Gasteiger partial charge in [0.2, 0.25) is 5.91 Å². The second kappa shape index (κ2) is 9.97. The molecule has 0 aliphatic carbocycles. The van der Waals surface area contributed by atoms with Crippen LogP contribution in [0.15, 0.2) is 30.3 Å². The van der Waals surface area contributed by atoms with Crippen molar-refractivity contribution in [3.63, 3.8) is 0 Å². The molecule has 0 aromatic heterocycles. The van der Waals surface area contributed by atoms with Crippen molar-refractivity contribution in [2.24, 2.45) is 0 Å². The molecule has 0 atom stereocenters. The standard InChI is InChI=1S/C17H25NO3/c1-3-4-14-21-17(20)13-9-8-12-16(19)18(2)15-10-6-5-7-11-15/h5-7,10-11H,3-4,8-9,12-14H2,1-2H3. The van der Waals surface area contributed by atoms with Gasteiger partial charge in [-0.15, -0.1) is 0 Å². The molecule has 0 heterocycles. The highest BCUT2D eigenvalue weighted by Gasteiger charge is 2.10. The van der Waals surface area contributed by atoms with Crippen molar-refractivity contribution >= 4 is 17.6 Å². The molecule has 0 spiro atoms. The number of ether oxygens (including phenoxy) is 1. The first-order valence-corrected chi connectivity index (χ1v) is 7.62. The zero-order valence-corrected chi connectivity index (χ0v) is 13.0. The molecule has 4 nitrogen and oxygen atoms in total. The number of para-hydroxylation sites is 1. The maximum atomic E-state index is 12.0. The Kier molecular flexibility index (Phi) is 8.17. The molecular weight excluding hydrogens is 266 g/mol. The fraction of sp³-hybridized carbons (Fsp3) is 0.529. The van der Waals surface area contributed by atoms with E-state index in [0.29, 0.717) is 32.3 Å². The van der Waals surface area contributed by atoms with Crippen LogP contribution in [-0.2, 0) is 14.3 Å². The maximum absolute atomic E-state index is 12.0. The van der Waals surface area contributed by atoms with Crippen molar-refractivity contribution in [1.29, 1.82) is 0 Å². The number of hydrogen-bond donors (Lipinski definition) is 0. The predicted octanol–water partition coefficient (Wildman–Crippen LogP) is 3.55. The lowest BCUT2D eigenvalue weighted by atomic mass is 10.1. The van der Waals surface area contributed by atoms with Crippen molar-refractivity contribution in [2.45, 2.75) is 45.4 Å². The van der Waals surface area contributed by atoms with Gasteiger partial charge >= 0.3 is 5.97 Å². The summed E-state index contributed by atoms with van der Waals surface area (Å²) >= 11 is 0. The lowest BCUT2D eigenvalue weighted by molar-refractivity contribution is -0.144. The number of rotatable bonds is 9. The minimum absolute atomic E-state index is 0.0700. The van der Waals surface area contributed by atoms with Crippen LogP contribution in [0.4, 0.5) is 5.69 Å². The molecule has 0 radical (unpaired) electrons. The summed E-state index contributed by atoms with van der Waals surface area (Å²) in [6, 6.07) is 9.55. The number of esters is 1. The highest BCUT2D eigenvalue weighted by atomic mass is 16.5. The van der Waals surface area contributed by atoms with Crippen LogP contribution >= 0.6 is 0 Å². The summed E-state index contributed by atoms with van der Waals surface area (Å²) < 4.78 is 5.07. The summed E-state index contributed by atoms with van der Waals surface area (Å²) in [5, 5.41) is 0. The van der Waals surface area contributed by atoms with Gasteiger partial charge in [-0.3, -0.25) is 9.59 Å². The number of anilines is 1. The summed E-state index contributed by atoms with van der Waals surface area (Å²) in [6.07, 6.45) is 4.18. The van der Waals surface area contributed by atoms with Crippen LogP contribution in [-0.4, -0.2) is 25.5 Å². The van der Waals surface area contributed by atoms with E-state index in [4.69, 9.17) is 4.74 Å². The van der Waals surface area contributed by atoms with Crippen LogP contribution in [0.25, 0.3) is 0 Å². The Balaban J connectivity index is 2.17. The van der Waals surface area contributed by atoms with Crippen LogP contribution in [0, 0.1) is 0 Å². The van der Waals surface area contributed by atoms with Crippen LogP contribution in [0.3, 0.4) is 0 Å². The number of nitrogens with zero attached hydrogens (tertiary/aromatic N) is 1. The van der Waals surface area contributed by atoms with E-state index in [1.807, 2.05) is 30.3 Å². The number of carbonyl (C=O) groups excluding carboxylic acids is 2. The highest BCUT2D eigenvalue weighted by Crippen LogP contribution is 2.13. The molecule has 0 aliphatic heterocycles. The van der Waals surface area contributed by atoms with E-state index >= 15 is 0 Å². The largest absolute Gasteiger partial charge is 0.466 e. The number of unbranched alkanes of at least 4 members (excludes halogenated alkanes) is 2. The molecule has 21 heavy (non-hydrogen) atoms. The second-order valence-corrected chi connectivity index (χ2v) is 5.07. The predicted molar refractivity (Wildman–Crippen MR) is 84.2 cm³/mol. The highest BCUT2D eigenvalue weighted by molar-refractivity contribution is 5.92. The van der Waals surface area contributed by atoms with Crippen LogP contribution in [0.2, 0.25) is 0 Å². The van der Waals surface area contributed by atoms with Crippen molar-refractivity contribution < 1.29 is 14.3 Å². The Morgan fingerprint density at radius 1 is 1.05 bits per heavy atom. The van der Waals surface area contributed by atoms with Crippen LogP contribution < -0.4 is 4.90 Å². The summed E-state index contributed by atoms with van der Waals surface area (Å²) in [6.45, 7) is 2.56. The Labute approximate surface area is 127 Å². The molecule has 1 aromatic rings. The van der Waals surface area contributed by atoms with Gasteiger partial charge in [0, 0.05) is 25.6 Å². The van der Waals surface area contributed by atoms with Crippen molar-refractivity contribution in [2.75, 3.05) is 18.6 Å². The monoisotopic (exact) mass is 291 g/mol. The molecular formula is C17H25NO3. The van der Waals surface area contributed by atoms with Gasteiger partial charge in [0.05, 0.1) is 6.61 Å². The summed E-state index contributed by atoms with van der Waals surface area (Å²) in [5.74, 6) is -0.0899. The quantitative estimate of drug-likeness (QED) is 0.516. The number of amides is 1. The fourth-order valence-corrected chi connectivity index (χ4v) is 1.91. The van der Waals surface area contributed by atoms with E-state index in [9.17, 15) is 9.59 Å². The lowest BCUT2D eigenvalue weighted by Crippen LogP contribution is -2.25. The molecule has 0 aliphatic rings. The molecule has 0 saturated heterocycles. The summed E-state index contributed by atoms with van der Waals surface area (Å²) in [7, 11) is 1.77. The maximum Gasteiger partial charge on any atom is 0.305 e. The van der Waals surface area contributed by atoms with Crippen LogP contribution in [0.1, 0.15) is 45.4 Å². The Hall–Kier alpha value is -1.84. The first-order valence-electron chi connectivity index (χ1n) is 7.62. The first-order chi connectivity index (χ1) is 10.1. The number of hydrogen-bond acceptors (Lipinski definition) is 3. The SMILES string of the molecule is CCCCOC(=O)CCCCC(=O)N(C)c1ccccc1. The molecule has 0 bridgehead atoms. The summed E-state index contributed by atoms with van der Waals surface area (Å²) in [5.41, 5.74) is 0.890. The minimum Gasteiger partial charge on any atom is -0.466 e. The van der Waals surface area contributed by atoms with E-state index in [1.54, 1.807) is 11.9 Å². The first kappa shape index (κ1) is 17.2. The minimum atomic E-state index is -0.160. The molecule has 116 valence electrons. The summed E-state index contributed by atoms with van der Waals surface area (Å²) in [4.78, 5) is 25.1. The third-order valence-electron chi connectivity index (χ3n) is 3.30. The topological polar surface area (TPSA) is 46.6 Å². The average Bonchev–Trinajstić information content (AvgIpc) is 2.51. The van der Waals surface area contributed by atoms with Gasteiger partial charge in [-0.2, -0.15) is 0 Å². The normalized spacial score (nSPS) is 10.2. The third kappa shape index (κ3) is 6.93. The van der Waals surface area contributed by atoms with Gasteiger partial charge in [0.25, 0.3) is 0 Å². The zero-order chi connectivity index (χ0) is 15.5. The van der Waals surface area contributed by atoms with Gasteiger partial charge in [-0.05, 0) is 31.4 Å². The molecule has 0 N–H and O–H groups in total. The number of carbonyl (C=O) groups is 2. The zero-order valence-electron chi connectivity index (χ0n) is 13.0. The van der Waals surface area contributed by atoms with Crippen molar-refractivity contribution in [1.82, 2.24) is 0 Å². The Morgan fingerprint density at radius 2 is 1.71 bits per heavy atom. The van der Waals surface area contributed by atoms with Gasteiger partial charge in [-0.1, -0.05) is 31.5 Å². The lowest BCUT2D eigenvalue weighted by Gasteiger charge is -2.17. The van der Waals surface area contributed by atoms with E-state index in [0.717, 1.165) is 18.5 Å². The molecule has 1 amide bonds. The van der Waals surface area contributed by atoms with Crippen molar-refractivity contribution in [3.05, 3.63) is 30.3 Å². The van der Waals surface area contributed by atoms with E-state index in [2.05, 4.69) is 6.92 Å². The molecule has 0 unspecified atom stereocenters. The van der Waals surface area contributed by atoms with Crippen molar-refractivity contribution in [3.8, 4) is 0 Å². The third-order valence-corrected chi connectivity index (χ3v) is 3.30. The van der Waals surface area contributed by atoms with Gasteiger partial charge in [-0.25, -0.2) is 0 Å². The molecule has 0 saturated carbocycles. The molecule has 0 fully saturated rings. The Morgan fingerprint density at radius 3 is 2.38 bits per heavy atom. The Bertz CT molecular complexity index is 431. The molecule has 1 aromatic carbocycles. The van der Waals surface area contributed by atoms with Crippen LogP contribution in [0.5, 0.6) is 0 Å². The average molecular weight is 291 g/mol. The molecule has 1 rings (SSSR count). The molecule has 4 heteroatoms. The fourth-order valence-electron chi connectivity index (χ4n) is 1.91. The smallest absolute Gasteiger partial charge is 0.305 e. The van der Waals surface area contributed by atoms with Gasteiger partial charge < -0.3 is 9.64 Å². The van der Waals surface area contributed by atoms with Gasteiger partial charge in [0.15, 0.2) is 0 Å². The van der Waals surface area contributed by atoms with E-state index in [1.165, 1.54) is 0 Å². The second-order valence-electron chi connectivity index (χ2n) is 5.07. The van der Waals surface area contributed by atoms with E-state index < -0.39 is 0 Å².